The molecule has 52 heavy (non-hydrogen) atoms. The van der Waals surface area contributed by atoms with Crippen LogP contribution >= 0.6 is 0 Å². The Labute approximate surface area is 308 Å². The SMILES string of the molecule is C=CCC(COC(=O)C=C)(COC(=O)C=C)COC(=O)NCCCCCCCCCCNC(=O)OCC(CCC(=O)C=C)(COC)COC(=O)C=C. The van der Waals surface area contributed by atoms with Crippen molar-refractivity contribution in [3.05, 3.63) is 63.3 Å². The minimum atomic E-state index is -1.02. The number of alkyl carbamates (subject to hydrolysis) is 2. The highest BCUT2D eigenvalue weighted by Gasteiger charge is 2.35. The van der Waals surface area contributed by atoms with E-state index in [0.717, 1.165) is 69.6 Å². The summed E-state index contributed by atoms with van der Waals surface area (Å²) in [5.41, 5.74) is -1.93. The Morgan fingerprint density at radius 2 is 0.904 bits per heavy atom. The molecule has 0 aromatic rings. The molecular weight excluding hydrogens is 676 g/mol. The molecule has 0 saturated heterocycles. The highest BCUT2D eigenvalue weighted by molar-refractivity contribution is 5.89. The Kier molecular flexibility index (Phi) is 26.3. The minimum Gasteiger partial charge on any atom is -0.462 e. The second-order valence-electron chi connectivity index (χ2n) is 12.4. The van der Waals surface area contributed by atoms with Crippen LogP contribution in [0.2, 0.25) is 0 Å². The first kappa shape index (κ1) is 47.3. The van der Waals surface area contributed by atoms with Gasteiger partial charge < -0.3 is 39.1 Å². The number of hydrogen-bond donors (Lipinski definition) is 2. The third-order valence-corrected chi connectivity index (χ3v) is 7.88. The van der Waals surface area contributed by atoms with Crippen LogP contribution in [-0.4, -0.2) is 95.7 Å². The lowest BCUT2D eigenvalue weighted by atomic mass is 9.84. The van der Waals surface area contributed by atoms with Crippen LogP contribution in [0.3, 0.4) is 0 Å². The molecule has 0 aliphatic rings. The van der Waals surface area contributed by atoms with Crippen molar-refractivity contribution in [2.75, 3.05) is 59.8 Å². The fraction of sp³-hybridized carbons (Fsp3) is 0.579. The molecular formula is C38H58N2O12. The smallest absolute Gasteiger partial charge is 0.407 e. The molecule has 0 bridgehead atoms. The lowest BCUT2D eigenvalue weighted by Gasteiger charge is -2.31. The molecule has 0 heterocycles. The third-order valence-electron chi connectivity index (χ3n) is 7.88. The molecule has 0 aliphatic carbocycles. The lowest BCUT2D eigenvalue weighted by Crippen LogP contribution is -2.40. The summed E-state index contributed by atoms with van der Waals surface area (Å²) in [4.78, 5) is 71.4. The maximum absolute atomic E-state index is 12.4. The zero-order valence-corrected chi connectivity index (χ0v) is 30.8. The second-order valence-corrected chi connectivity index (χ2v) is 12.4. The van der Waals surface area contributed by atoms with E-state index in [0.29, 0.717) is 13.1 Å². The zero-order chi connectivity index (χ0) is 39.1. The van der Waals surface area contributed by atoms with Crippen molar-refractivity contribution in [3.63, 3.8) is 0 Å². The molecule has 2 N–H and O–H groups in total. The number of carbonyl (C=O) groups excluding carboxylic acids is 6. The van der Waals surface area contributed by atoms with E-state index in [1.807, 2.05) is 0 Å². The Balaban J connectivity index is 4.35. The lowest BCUT2D eigenvalue weighted by molar-refractivity contribution is -0.150. The molecule has 1 unspecified atom stereocenters. The first-order valence-electron chi connectivity index (χ1n) is 17.4. The summed E-state index contributed by atoms with van der Waals surface area (Å²) in [7, 11) is 1.47. The normalized spacial score (nSPS) is 11.8. The van der Waals surface area contributed by atoms with Crippen LogP contribution in [0.25, 0.3) is 0 Å². The van der Waals surface area contributed by atoms with Crippen molar-refractivity contribution >= 4 is 35.9 Å². The van der Waals surface area contributed by atoms with Gasteiger partial charge in [0.1, 0.15) is 33.0 Å². The summed E-state index contributed by atoms with van der Waals surface area (Å²) in [6.45, 7) is 17.5. The van der Waals surface area contributed by atoms with Gasteiger partial charge in [0.05, 0.1) is 17.4 Å². The monoisotopic (exact) mass is 734 g/mol. The van der Waals surface area contributed by atoms with Gasteiger partial charge in [-0.2, -0.15) is 0 Å². The van der Waals surface area contributed by atoms with Crippen LogP contribution in [0.5, 0.6) is 0 Å². The second kappa shape index (κ2) is 28.9. The molecule has 14 heteroatoms. The van der Waals surface area contributed by atoms with Gasteiger partial charge in [-0.1, -0.05) is 70.9 Å². The Morgan fingerprint density at radius 3 is 1.29 bits per heavy atom. The number of allylic oxidation sites excluding steroid dienone is 2. The summed E-state index contributed by atoms with van der Waals surface area (Å²) >= 11 is 0. The molecule has 0 aromatic carbocycles. The van der Waals surface area contributed by atoms with Crippen LogP contribution in [0.4, 0.5) is 9.59 Å². The molecule has 0 aromatic heterocycles. The van der Waals surface area contributed by atoms with E-state index < -0.39 is 40.9 Å². The molecule has 1 atom stereocenters. The average molecular weight is 735 g/mol. The maximum atomic E-state index is 12.4. The molecule has 2 amide bonds. The number of methoxy groups -OCH3 is 1. The van der Waals surface area contributed by atoms with Gasteiger partial charge in [0.25, 0.3) is 0 Å². The number of rotatable bonds is 32. The molecule has 0 saturated carbocycles. The van der Waals surface area contributed by atoms with Crippen LogP contribution < -0.4 is 10.6 Å². The van der Waals surface area contributed by atoms with Gasteiger partial charge in [0.2, 0.25) is 0 Å². The molecule has 292 valence electrons. The molecule has 0 fully saturated rings. The largest absolute Gasteiger partial charge is 0.462 e. The van der Waals surface area contributed by atoms with E-state index in [-0.39, 0.29) is 64.7 Å². The highest BCUT2D eigenvalue weighted by Crippen LogP contribution is 2.27. The zero-order valence-electron chi connectivity index (χ0n) is 30.8. The van der Waals surface area contributed by atoms with Crippen molar-refractivity contribution in [2.24, 2.45) is 10.8 Å². The first-order valence-corrected chi connectivity index (χ1v) is 17.4. The number of ether oxygens (including phenoxy) is 6. The Hall–Kier alpha value is -4.72. The van der Waals surface area contributed by atoms with Gasteiger partial charge in [-0.15, -0.1) is 6.58 Å². The van der Waals surface area contributed by atoms with Crippen molar-refractivity contribution in [1.82, 2.24) is 10.6 Å². The van der Waals surface area contributed by atoms with Crippen LogP contribution in [-0.2, 0) is 47.6 Å². The quantitative estimate of drug-likeness (QED) is 0.0293. The Bertz CT molecular complexity index is 1130. The van der Waals surface area contributed by atoms with E-state index >= 15 is 0 Å². The molecule has 0 spiro atoms. The van der Waals surface area contributed by atoms with E-state index in [4.69, 9.17) is 28.4 Å². The number of esters is 3. The number of ketones is 1. The molecule has 0 radical (unpaired) electrons. The van der Waals surface area contributed by atoms with E-state index in [1.54, 1.807) is 6.08 Å². The average Bonchev–Trinajstić information content (AvgIpc) is 3.15. The van der Waals surface area contributed by atoms with Crippen LogP contribution in [0.15, 0.2) is 63.3 Å². The predicted octanol–water partition coefficient (Wildman–Crippen LogP) is 5.48. The summed E-state index contributed by atoms with van der Waals surface area (Å²) in [6, 6.07) is 0. The third kappa shape index (κ3) is 22.9. The minimum absolute atomic E-state index is 0.102. The number of amides is 2. The van der Waals surface area contributed by atoms with Crippen molar-refractivity contribution < 1.29 is 57.2 Å². The van der Waals surface area contributed by atoms with E-state index in [9.17, 15) is 28.8 Å². The van der Waals surface area contributed by atoms with Crippen LogP contribution in [0, 0.1) is 10.8 Å². The van der Waals surface area contributed by atoms with E-state index in [2.05, 4.69) is 43.5 Å². The van der Waals surface area contributed by atoms with Crippen molar-refractivity contribution in [2.45, 2.75) is 70.6 Å². The van der Waals surface area contributed by atoms with Crippen LogP contribution in [0.1, 0.15) is 70.6 Å². The van der Waals surface area contributed by atoms with Gasteiger partial charge in [-0.05, 0) is 31.8 Å². The molecule has 0 rings (SSSR count). The molecule has 0 aliphatic heterocycles. The van der Waals surface area contributed by atoms with Gasteiger partial charge in [-0.25, -0.2) is 24.0 Å². The van der Waals surface area contributed by atoms with Crippen molar-refractivity contribution in [1.29, 1.82) is 0 Å². The van der Waals surface area contributed by atoms with Gasteiger partial charge in [0.15, 0.2) is 5.78 Å². The summed E-state index contributed by atoms with van der Waals surface area (Å²) in [5.74, 6) is -2.14. The standard InChI is InChI=1S/C38H58N2O12/c1-7-21-37(26-48-32(42)9-3,27-49-33(43)10-4)29-51-35(45)39-23-18-16-14-12-13-15-17-19-24-40-36(46)52-30-38(25-47-6,22-20-31(41)8-2)28-50-34(44)11-5/h7-11H,1-5,12-30H2,6H3,(H,39,45)(H,40,46). The maximum Gasteiger partial charge on any atom is 0.407 e. The first-order chi connectivity index (χ1) is 24.9. The van der Waals surface area contributed by atoms with Gasteiger partial charge >= 0.3 is 30.1 Å². The summed E-state index contributed by atoms with van der Waals surface area (Å²) < 4.78 is 31.6. The van der Waals surface area contributed by atoms with Gasteiger partial charge in [0, 0.05) is 44.8 Å². The molecule has 14 nitrogen and oxygen atoms in total. The number of nitrogens with one attached hydrogen (secondary N) is 2. The number of carbonyl (C=O) groups is 6. The highest BCUT2D eigenvalue weighted by atomic mass is 16.6. The fourth-order valence-corrected chi connectivity index (χ4v) is 4.83. The van der Waals surface area contributed by atoms with E-state index in [1.165, 1.54) is 13.2 Å². The summed E-state index contributed by atoms with van der Waals surface area (Å²) in [5, 5.41) is 5.44. The topological polar surface area (TPSA) is 182 Å². The number of hydrogen-bond acceptors (Lipinski definition) is 12. The Morgan fingerprint density at radius 1 is 0.519 bits per heavy atom. The van der Waals surface area contributed by atoms with Crippen molar-refractivity contribution in [3.8, 4) is 0 Å². The predicted molar refractivity (Wildman–Crippen MR) is 195 cm³/mol. The summed E-state index contributed by atoms with van der Waals surface area (Å²) in [6.07, 6.45) is 12.6. The van der Waals surface area contributed by atoms with Gasteiger partial charge in [-0.3, -0.25) is 4.79 Å². The fourth-order valence-electron chi connectivity index (χ4n) is 4.83. The number of unbranched alkanes of at least 4 members (excludes halogenated alkanes) is 7.